The maximum Gasteiger partial charge on any atom is 0.223 e. The lowest BCUT2D eigenvalue weighted by Gasteiger charge is -2.31. The molecule has 130 valence electrons. The van der Waals surface area contributed by atoms with Crippen LogP contribution in [0.1, 0.15) is 44.2 Å². The Hall–Kier alpha value is -2.10. The highest BCUT2D eigenvalue weighted by Crippen LogP contribution is 2.14. The second kappa shape index (κ2) is 9.26. The van der Waals surface area contributed by atoms with Crippen molar-refractivity contribution in [2.75, 3.05) is 6.54 Å². The first-order valence-electron chi connectivity index (χ1n) is 8.95. The summed E-state index contributed by atoms with van der Waals surface area (Å²) >= 11 is 0. The molecule has 0 saturated carbocycles. The monoisotopic (exact) mass is 327 g/mol. The Morgan fingerprint density at radius 1 is 1.12 bits per heavy atom. The smallest absolute Gasteiger partial charge is 0.223 e. The molecule has 0 aliphatic carbocycles. The number of nitrogens with zero attached hydrogens (tertiary/aromatic N) is 3. The zero-order valence-corrected chi connectivity index (χ0v) is 15.1. The van der Waals surface area contributed by atoms with Crippen LogP contribution in [0.2, 0.25) is 0 Å². The van der Waals surface area contributed by atoms with E-state index < -0.39 is 0 Å². The molecule has 1 aromatic heterocycles. The summed E-state index contributed by atoms with van der Waals surface area (Å²) in [7, 11) is 1.90. The van der Waals surface area contributed by atoms with Crippen LogP contribution in [0.15, 0.2) is 42.7 Å². The van der Waals surface area contributed by atoms with Crippen LogP contribution in [-0.4, -0.2) is 33.2 Å². The number of aryl methyl sites for hydroxylation is 2. The summed E-state index contributed by atoms with van der Waals surface area (Å²) in [6.07, 6.45) is 8.06. The van der Waals surface area contributed by atoms with Gasteiger partial charge in [0.05, 0.1) is 6.20 Å². The molecular formula is C20H29N3O. The maximum atomic E-state index is 12.8. The summed E-state index contributed by atoms with van der Waals surface area (Å²) in [6, 6.07) is 10.7. The van der Waals surface area contributed by atoms with Gasteiger partial charge in [0, 0.05) is 32.3 Å². The van der Waals surface area contributed by atoms with E-state index in [9.17, 15) is 4.79 Å². The Bertz CT molecular complexity index is 617. The van der Waals surface area contributed by atoms with Crippen molar-refractivity contribution in [3.8, 4) is 0 Å². The summed E-state index contributed by atoms with van der Waals surface area (Å²) < 4.78 is 1.79. The Morgan fingerprint density at radius 2 is 1.83 bits per heavy atom. The first-order chi connectivity index (χ1) is 11.6. The van der Waals surface area contributed by atoms with Crippen molar-refractivity contribution in [1.29, 1.82) is 0 Å². The quantitative estimate of drug-likeness (QED) is 0.705. The van der Waals surface area contributed by atoms with Gasteiger partial charge in [0.25, 0.3) is 0 Å². The van der Waals surface area contributed by atoms with Crippen LogP contribution in [0.3, 0.4) is 0 Å². The maximum absolute atomic E-state index is 12.8. The zero-order valence-electron chi connectivity index (χ0n) is 15.1. The minimum Gasteiger partial charge on any atom is -0.339 e. The summed E-state index contributed by atoms with van der Waals surface area (Å²) in [4.78, 5) is 14.9. The lowest BCUT2D eigenvalue weighted by molar-refractivity contribution is -0.133. The summed E-state index contributed by atoms with van der Waals surface area (Å²) in [5.74, 6) is 0.253. The first kappa shape index (κ1) is 18.2. The van der Waals surface area contributed by atoms with Crippen LogP contribution in [0.25, 0.3) is 0 Å². The number of carbonyl (C=O) groups is 1. The molecule has 1 heterocycles. The molecule has 1 aromatic carbocycles. The molecule has 0 fully saturated rings. The predicted molar refractivity (Wildman–Crippen MR) is 97.8 cm³/mol. The van der Waals surface area contributed by atoms with Crippen molar-refractivity contribution in [2.24, 2.45) is 7.05 Å². The Kier molecular flexibility index (Phi) is 7.04. The minimum absolute atomic E-state index is 0.253. The molecule has 1 amide bonds. The van der Waals surface area contributed by atoms with Crippen LogP contribution in [0.4, 0.5) is 0 Å². The van der Waals surface area contributed by atoms with Crippen molar-refractivity contribution in [3.63, 3.8) is 0 Å². The molecular weight excluding hydrogens is 298 g/mol. The summed E-state index contributed by atoms with van der Waals surface area (Å²) in [5, 5.41) is 4.17. The van der Waals surface area contributed by atoms with Crippen LogP contribution in [-0.2, 0) is 24.7 Å². The van der Waals surface area contributed by atoms with E-state index in [2.05, 4.69) is 48.1 Å². The van der Waals surface area contributed by atoms with Crippen molar-refractivity contribution < 1.29 is 4.79 Å². The Balaban J connectivity index is 1.97. The zero-order chi connectivity index (χ0) is 17.4. The van der Waals surface area contributed by atoms with E-state index in [1.54, 1.807) is 4.68 Å². The van der Waals surface area contributed by atoms with Gasteiger partial charge in [-0.2, -0.15) is 5.10 Å². The fraction of sp³-hybridized carbons (Fsp3) is 0.500. The number of amides is 1. The highest BCUT2D eigenvalue weighted by molar-refractivity contribution is 5.76. The number of carbonyl (C=O) groups excluding carboxylic acids is 1. The third-order valence-electron chi connectivity index (χ3n) is 4.57. The van der Waals surface area contributed by atoms with E-state index in [0.717, 1.165) is 37.8 Å². The molecule has 24 heavy (non-hydrogen) atoms. The van der Waals surface area contributed by atoms with Crippen molar-refractivity contribution >= 4 is 5.91 Å². The van der Waals surface area contributed by atoms with E-state index >= 15 is 0 Å². The van der Waals surface area contributed by atoms with Gasteiger partial charge in [0.2, 0.25) is 5.91 Å². The standard InChI is InChI=1S/C20H29N3O/c1-4-19(5-2)23(14-13-17-9-7-6-8-10-17)20(24)12-11-18-15-21-22(3)16-18/h6-10,15-16,19H,4-5,11-14H2,1-3H3. The van der Waals surface area contributed by atoms with Gasteiger partial charge in [-0.05, 0) is 36.8 Å². The highest BCUT2D eigenvalue weighted by atomic mass is 16.2. The van der Waals surface area contributed by atoms with Gasteiger partial charge in [-0.25, -0.2) is 0 Å². The number of benzene rings is 1. The van der Waals surface area contributed by atoms with Gasteiger partial charge < -0.3 is 4.90 Å². The number of hydrogen-bond acceptors (Lipinski definition) is 2. The molecule has 0 N–H and O–H groups in total. The van der Waals surface area contributed by atoms with E-state index in [-0.39, 0.29) is 5.91 Å². The molecule has 0 aliphatic rings. The minimum atomic E-state index is 0.253. The van der Waals surface area contributed by atoms with Crippen LogP contribution in [0.5, 0.6) is 0 Å². The van der Waals surface area contributed by atoms with Crippen molar-refractivity contribution in [1.82, 2.24) is 14.7 Å². The van der Waals surface area contributed by atoms with Gasteiger partial charge in [-0.3, -0.25) is 9.48 Å². The number of rotatable bonds is 9. The molecule has 0 bridgehead atoms. The molecule has 0 unspecified atom stereocenters. The fourth-order valence-corrected chi connectivity index (χ4v) is 3.13. The third-order valence-corrected chi connectivity index (χ3v) is 4.57. The van der Waals surface area contributed by atoms with Gasteiger partial charge in [-0.15, -0.1) is 0 Å². The van der Waals surface area contributed by atoms with Crippen LogP contribution >= 0.6 is 0 Å². The molecule has 0 radical (unpaired) electrons. The average Bonchev–Trinajstić information content (AvgIpc) is 3.03. The van der Waals surface area contributed by atoms with E-state index in [1.165, 1.54) is 5.56 Å². The number of hydrogen-bond donors (Lipinski definition) is 0. The van der Waals surface area contributed by atoms with E-state index in [1.807, 2.05) is 25.5 Å². The topological polar surface area (TPSA) is 38.1 Å². The van der Waals surface area contributed by atoms with Crippen LogP contribution < -0.4 is 0 Å². The van der Waals surface area contributed by atoms with E-state index in [0.29, 0.717) is 12.5 Å². The molecule has 4 heteroatoms. The van der Waals surface area contributed by atoms with Gasteiger partial charge >= 0.3 is 0 Å². The highest BCUT2D eigenvalue weighted by Gasteiger charge is 2.20. The molecule has 0 aliphatic heterocycles. The number of aromatic nitrogens is 2. The molecule has 0 atom stereocenters. The SMILES string of the molecule is CCC(CC)N(CCc1ccccc1)C(=O)CCc1cnn(C)c1. The summed E-state index contributed by atoms with van der Waals surface area (Å²) in [6.45, 7) is 5.12. The normalized spacial score (nSPS) is 11.0. The first-order valence-corrected chi connectivity index (χ1v) is 8.95. The fourth-order valence-electron chi connectivity index (χ4n) is 3.13. The van der Waals surface area contributed by atoms with E-state index in [4.69, 9.17) is 0 Å². The predicted octanol–water partition coefficient (Wildman–Crippen LogP) is 3.61. The Labute approximate surface area is 145 Å². The van der Waals surface area contributed by atoms with Crippen molar-refractivity contribution in [3.05, 3.63) is 53.9 Å². The van der Waals surface area contributed by atoms with Crippen molar-refractivity contribution in [2.45, 2.75) is 52.0 Å². The Morgan fingerprint density at radius 3 is 2.42 bits per heavy atom. The summed E-state index contributed by atoms with van der Waals surface area (Å²) in [5.41, 5.74) is 2.41. The van der Waals surface area contributed by atoms with Crippen LogP contribution in [0, 0.1) is 0 Å². The molecule has 2 aromatic rings. The molecule has 0 saturated heterocycles. The van der Waals surface area contributed by atoms with Gasteiger partial charge in [-0.1, -0.05) is 44.2 Å². The lowest BCUT2D eigenvalue weighted by atomic mass is 10.1. The molecule has 2 rings (SSSR count). The molecule has 0 spiro atoms. The second-order valence-corrected chi connectivity index (χ2v) is 6.32. The lowest BCUT2D eigenvalue weighted by Crippen LogP contribution is -2.41. The van der Waals surface area contributed by atoms with Gasteiger partial charge in [0.15, 0.2) is 0 Å². The van der Waals surface area contributed by atoms with Gasteiger partial charge in [0.1, 0.15) is 0 Å². The third kappa shape index (κ3) is 5.22. The average molecular weight is 327 g/mol. The largest absolute Gasteiger partial charge is 0.339 e. The molecule has 4 nitrogen and oxygen atoms in total. The second-order valence-electron chi connectivity index (χ2n) is 6.32.